The van der Waals surface area contributed by atoms with E-state index < -0.39 is 5.60 Å². The fraction of sp³-hybridized carbons (Fsp3) is 0.571. The summed E-state index contributed by atoms with van der Waals surface area (Å²) < 4.78 is 5.57. The average Bonchev–Trinajstić information content (AvgIpc) is 2.80. The molecule has 1 aliphatic heterocycles. The summed E-state index contributed by atoms with van der Waals surface area (Å²) in [5.74, 6) is 0. The van der Waals surface area contributed by atoms with Gasteiger partial charge in [0.2, 0.25) is 0 Å². The number of hydrogen-bond donors (Lipinski definition) is 1. The van der Waals surface area contributed by atoms with E-state index >= 15 is 0 Å². The third kappa shape index (κ3) is 3.44. The van der Waals surface area contributed by atoms with E-state index in [2.05, 4.69) is 0 Å². The lowest BCUT2D eigenvalue weighted by molar-refractivity contribution is 0.0221. The van der Waals surface area contributed by atoms with Gasteiger partial charge in [0.15, 0.2) is 0 Å². The van der Waals surface area contributed by atoms with Gasteiger partial charge in [-0.1, -0.05) is 23.7 Å². The van der Waals surface area contributed by atoms with Gasteiger partial charge in [0.25, 0.3) is 0 Å². The van der Waals surface area contributed by atoms with Crippen LogP contribution in [0.5, 0.6) is 0 Å². The molecule has 0 aromatic heterocycles. The number of rotatable bonds is 4. The van der Waals surface area contributed by atoms with Gasteiger partial charge in [-0.05, 0) is 50.3 Å². The van der Waals surface area contributed by atoms with Crippen LogP contribution in [0.25, 0.3) is 0 Å². The van der Waals surface area contributed by atoms with Crippen LogP contribution in [0.3, 0.4) is 0 Å². The second-order valence-electron chi connectivity index (χ2n) is 4.95. The van der Waals surface area contributed by atoms with Gasteiger partial charge in [0, 0.05) is 11.6 Å². The van der Waals surface area contributed by atoms with Gasteiger partial charge >= 0.3 is 0 Å². The molecule has 1 saturated heterocycles. The normalized spacial score (nSPS) is 23.6. The molecule has 17 heavy (non-hydrogen) atoms. The Bertz CT molecular complexity index is 353. The predicted octanol–water partition coefficient (Wildman–Crippen LogP) is 3.51. The Balaban J connectivity index is 1.94. The summed E-state index contributed by atoms with van der Waals surface area (Å²) in [7, 11) is 0. The SMILES string of the molecule is CC(O)(CCC1CCCO1)c1ccc(Cl)cc1. The van der Waals surface area contributed by atoms with Crippen LogP contribution < -0.4 is 0 Å². The van der Waals surface area contributed by atoms with Crippen LogP contribution in [0.4, 0.5) is 0 Å². The topological polar surface area (TPSA) is 29.5 Å². The van der Waals surface area contributed by atoms with E-state index in [1.54, 1.807) is 0 Å². The molecular weight excluding hydrogens is 236 g/mol. The van der Waals surface area contributed by atoms with E-state index in [9.17, 15) is 5.11 Å². The maximum atomic E-state index is 10.4. The number of halogens is 1. The molecule has 3 heteroatoms. The Morgan fingerprint density at radius 3 is 2.71 bits per heavy atom. The Hall–Kier alpha value is -0.570. The molecular formula is C14H19ClO2. The third-order valence-corrected chi connectivity index (χ3v) is 3.70. The minimum Gasteiger partial charge on any atom is -0.385 e. The first-order valence-corrected chi connectivity index (χ1v) is 6.56. The van der Waals surface area contributed by atoms with Crippen molar-refractivity contribution in [2.75, 3.05) is 6.61 Å². The monoisotopic (exact) mass is 254 g/mol. The molecule has 0 amide bonds. The first-order valence-electron chi connectivity index (χ1n) is 6.18. The first-order chi connectivity index (χ1) is 8.08. The highest BCUT2D eigenvalue weighted by Crippen LogP contribution is 2.29. The molecule has 1 fully saturated rings. The van der Waals surface area contributed by atoms with Gasteiger partial charge in [-0.25, -0.2) is 0 Å². The summed E-state index contributed by atoms with van der Waals surface area (Å²) in [6.07, 6.45) is 4.23. The van der Waals surface area contributed by atoms with Crippen LogP contribution in [0.2, 0.25) is 5.02 Å². The quantitative estimate of drug-likeness (QED) is 0.891. The highest BCUT2D eigenvalue weighted by Gasteiger charge is 2.25. The number of ether oxygens (including phenoxy) is 1. The molecule has 0 radical (unpaired) electrons. The summed E-state index contributed by atoms with van der Waals surface area (Å²) >= 11 is 5.84. The largest absolute Gasteiger partial charge is 0.385 e. The zero-order valence-corrected chi connectivity index (χ0v) is 10.9. The highest BCUT2D eigenvalue weighted by atomic mass is 35.5. The second-order valence-corrected chi connectivity index (χ2v) is 5.39. The van der Waals surface area contributed by atoms with E-state index in [-0.39, 0.29) is 0 Å². The maximum absolute atomic E-state index is 10.4. The molecule has 2 rings (SSSR count). The summed E-state index contributed by atoms with van der Waals surface area (Å²) in [5, 5.41) is 11.1. The lowest BCUT2D eigenvalue weighted by Crippen LogP contribution is -2.23. The Kier molecular flexibility index (Phi) is 4.08. The zero-order valence-electron chi connectivity index (χ0n) is 10.2. The zero-order chi connectivity index (χ0) is 12.3. The van der Waals surface area contributed by atoms with Crippen LogP contribution in [-0.2, 0) is 10.3 Å². The minimum atomic E-state index is -0.795. The summed E-state index contributed by atoms with van der Waals surface area (Å²) in [6.45, 7) is 2.72. The van der Waals surface area contributed by atoms with E-state index in [4.69, 9.17) is 16.3 Å². The van der Waals surface area contributed by atoms with Gasteiger partial charge in [0.05, 0.1) is 11.7 Å². The standard InChI is InChI=1S/C14H19ClO2/c1-14(16,9-8-13-3-2-10-17-13)11-4-6-12(15)7-5-11/h4-7,13,16H,2-3,8-10H2,1H3. The van der Waals surface area contributed by atoms with E-state index in [0.717, 1.165) is 37.9 Å². The van der Waals surface area contributed by atoms with Crippen LogP contribution in [0.1, 0.15) is 38.2 Å². The van der Waals surface area contributed by atoms with Crippen LogP contribution in [0.15, 0.2) is 24.3 Å². The van der Waals surface area contributed by atoms with Gasteiger partial charge in [0.1, 0.15) is 0 Å². The van der Waals surface area contributed by atoms with E-state index in [0.29, 0.717) is 11.1 Å². The lowest BCUT2D eigenvalue weighted by Gasteiger charge is -2.25. The fourth-order valence-electron chi connectivity index (χ4n) is 2.27. The number of hydrogen-bond acceptors (Lipinski definition) is 2. The molecule has 1 heterocycles. The van der Waals surface area contributed by atoms with E-state index in [1.807, 2.05) is 31.2 Å². The van der Waals surface area contributed by atoms with Gasteiger partial charge in [-0.3, -0.25) is 0 Å². The van der Waals surface area contributed by atoms with Gasteiger partial charge in [-0.2, -0.15) is 0 Å². The van der Waals surface area contributed by atoms with Gasteiger partial charge < -0.3 is 9.84 Å². The van der Waals surface area contributed by atoms with Crippen molar-refractivity contribution in [3.8, 4) is 0 Å². The van der Waals surface area contributed by atoms with Gasteiger partial charge in [-0.15, -0.1) is 0 Å². The van der Waals surface area contributed by atoms with Crippen LogP contribution in [-0.4, -0.2) is 17.8 Å². The first kappa shape index (κ1) is 12.9. The van der Waals surface area contributed by atoms with Crippen molar-refractivity contribution in [3.05, 3.63) is 34.9 Å². The summed E-state index contributed by atoms with van der Waals surface area (Å²) in [6, 6.07) is 7.41. The third-order valence-electron chi connectivity index (χ3n) is 3.44. The molecule has 2 atom stereocenters. The molecule has 0 bridgehead atoms. The molecule has 1 aromatic rings. The van der Waals surface area contributed by atoms with Crippen molar-refractivity contribution < 1.29 is 9.84 Å². The van der Waals surface area contributed by atoms with E-state index in [1.165, 1.54) is 0 Å². The summed E-state index contributed by atoms with van der Waals surface area (Å²) in [5.41, 5.74) is 0.121. The minimum absolute atomic E-state index is 0.328. The predicted molar refractivity (Wildman–Crippen MR) is 69.2 cm³/mol. The molecule has 2 nitrogen and oxygen atoms in total. The second kappa shape index (κ2) is 5.38. The molecule has 0 spiro atoms. The maximum Gasteiger partial charge on any atom is 0.0869 e. The molecule has 2 unspecified atom stereocenters. The van der Waals surface area contributed by atoms with Crippen molar-refractivity contribution in [1.82, 2.24) is 0 Å². The van der Waals surface area contributed by atoms with Crippen molar-refractivity contribution in [1.29, 1.82) is 0 Å². The number of aliphatic hydroxyl groups is 1. The molecule has 1 N–H and O–H groups in total. The molecule has 0 saturated carbocycles. The Labute approximate surface area is 108 Å². The Morgan fingerprint density at radius 1 is 1.41 bits per heavy atom. The Morgan fingerprint density at radius 2 is 2.12 bits per heavy atom. The van der Waals surface area contributed by atoms with Crippen molar-refractivity contribution >= 4 is 11.6 Å². The summed E-state index contributed by atoms with van der Waals surface area (Å²) in [4.78, 5) is 0. The number of benzene rings is 1. The van der Waals surface area contributed by atoms with Crippen LogP contribution in [0, 0.1) is 0 Å². The molecule has 94 valence electrons. The van der Waals surface area contributed by atoms with Crippen molar-refractivity contribution in [3.63, 3.8) is 0 Å². The highest BCUT2D eigenvalue weighted by molar-refractivity contribution is 6.30. The molecule has 0 aliphatic carbocycles. The molecule has 1 aromatic carbocycles. The smallest absolute Gasteiger partial charge is 0.0869 e. The fourth-order valence-corrected chi connectivity index (χ4v) is 2.39. The van der Waals surface area contributed by atoms with Crippen LogP contribution >= 0.6 is 11.6 Å². The molecule has 1 aliphatic rings. The van der Waals surface area contributed by atoms with Crippen molar-refractivity contribution in [2.24, 2.45) is 0 Å². The average molecular weight is 255 g/mol. The van der Waals surface area contributed by atoms with Crippen molar-refractivity contribution in [2.45, 2.75) is 44.3 Å². The lowest BCUT2D eigenvalue weighted by atomic mass is 9.90.